The van der Waals surface area contributed by atoms with Gasteiger partial charge in [-0.25, -0.2) is 14.8 Å². The van der Waals surface area contributed by atoms with E-state index in [2.05, 4.69) is 9.97 Å². The van der Waals surface area contributed by atoms with E-state index < -0.39 is 5.97 Å². The molecule has 0 saturated heterocycles. The number of aromatic nitrogens is 2. The van der Waals surface area contributed by atoms with Crippen LogP contribution in [0.1, 0.15) is 10.4 Å². The smallest absolute Gasteiger partial charge is 0.336 e. The normalized spacial score (nSPS) is 10.0. The molecule has 5 heteroatoms. The molecule has 2 rings (SSSR count). The van der Waals surface area contributed by atoms with Gasteiger partial charge in [0.15, 0.2) is 0 Å². The number of hydrogen-bond donors (Lipinski definition) is 1. The highest BCUT2D eigenvalue weighted by atomic mass is 32.2. The molecule has 4 nitrogen and oxygen atoms in total. The fourth-order valence-corrected chi connectivity index (χ4v) is 2.09. The van der Waals surface area contributed by atoms with Crippen molar-refractivity contribution < 1.29 is 9.90 Å². The first-order chi connectivity index (χ1) is 7.77. The molecule has 1 N–H and O–H groups in total. The summed E-state index contributed by atoms with van der Waals surface area (Å²) < 4.78 is 0. The molecule has 0 atom stereocenters. The number of nitrogens with zero attached hydrogens (tertiary/aromatic N) is 2. The van der Waals surface area contributed by atoms with Crippen molar-refractivity contribution in [1.29, 1.82) is 0 Å². The Morgan fingerprint density at radius 1 is 1.19 bits per heavy atom. The third kappa shape index (κ3) is 2.38. The van der Waals surface area contributed by atoms with Gasteiger partial charge in [0, 0.05) is 22.2 Å². The molecule has 0 unspecified atom stereocenters. The van der Waals surface area contributed by atoms with Gasteiger partial charge in [-0.1, -0.05) is 23.9 Å². The van der Waals surface area contributed by atoms with Crippen LogP contribution in [0, 0.1) is 0 Å². The number of hydrogen-bond acceptors (Lipinski definition) is 4. The van der Waals surface area contributed by atoms with Gasteiger partial charge >= 0.3 is 5.97 Å². The number of benzene rings is 1. The van der Waals surface area contributed by atoms with Crippen molar-refractivity contribution in [3.8, 4) is 0 Å². The topological polar surface area (TPSA) is 63.1 Å². The Balaban J connectivity index is 2.31. The Labute approximate surface area is 96.4 Å². The Morgan fingerprint density at radius 3 is 2.56 bits per heavy atom. The number of carboxylic acids is 1. The summed E-state index contributed by atoms with van der Waals surface area (Å²) in [5.41, 5.74) is 0.288. The van der Waals surface area contributed by atoms with E-state index in [-0.39, 0.29) is 5.56 Å². The lowest BCUT2D eigenvalue weighted by molar-refractivity contribution is 0.0693. The summed E-state index contributed by atoms with van der Waals surface area (Å²) in [4.78, 5) is 20.2. The molecule has 0 radical (unpaired) electrons. The quantitative estimate of drug-likeness (QED) is 0.879. The second-order valence-electron chi connectivity index (χ2n) is 2.98. The summed E-state index contributed by atoms with van der Waals surface area (Å²) in [5, 5.41) is 9.00. The average molecular weight is 232 g/mol. The predicted octanol–water partition coefficient (Wildman–Crippen LogP) is 2.33. The second kappa shape index (κ2) is 4.76. The Morgan fingerprint density at radius 2 is 1.88 bits per heavy atom. The minimum absolute atomic E-state index is 0.288. The maximum atomic E-state index is 11.0. The second-order valence-corrected chi connectivity index (χ2v) is 4.09. The summed E-state index contributed by atoms with van der Waals surface area (Å²) >= 11 is 1.34. The van der Waals surface area contributed by atoms with Gasteiger partial charge < -0.3 is 5.11 Å². The van der Waals surface area contributed by atoms with Gasteiger partial charge in [0.2, 0.25) is 0 Å². The number of carbonyl (C=O) groups is 1. The predicted molar refractivity (Wildman–Crippen MR) is 59.6 cm³/mol. The lowest BCUT2D eigenvalue weighted by Gasteiger charge is -2.04. The standard InChI is InChI=1S/C11H8N2O2S/c14-11(15)9-3-1-2-4-10(9)16-8-5-12-7-13-6-8/h1-7H,(H,14,15). The fourth-order valence-electron chi connectivity index (χ4n) is 1.20. The molecule has 0 bridgehead atoms. The molecule has 2 aromatic rings. The van der Waals surface area contributed by atoms with Crippen LogP contribution in [0.5, 0.6) is 0 Å². The largest absolute Gasteiger partial charge is 0.478 e. The molecule has 0 fully saturated rings. The molecule has 0 amide bonds. The van der Waals surface area contributed by atoms with Gasteiger partial charge in [-0.2, -0.15) is 0 Å². The molecule has 1 aromatic carbocycles. The minimum Gasteiger partial charge on any atom is -0.478 e. The van der Waals surface area contributed by atoms with Crippen LogP contribution in [0.2, 0.25) is 0 Å². The first-order valence-corrected chi connectivity index (χ1v) is 5.34. The Bertz CT molecular complexity index is 502. The van der Waals surface area contributed by atoms with E-state index in [1.54, 1.807) is 36.7 Å². The summed E-state index contributed by atoms with van der Waals surface area (Å²) in [7, 11) is 0. The van der Waals surface area contributed by atoms with Gasteiger partial charge in [-0.15, -0.1) is 0 Å². The third-order valence-corrected chi connectivity index (χ3v) is 2.90. The molecular formula is C11H8N2O2S. The summed E-state index contributed by atoms with van der Waals surface area (Å²) in [6, 6.07) is 6.85. The summed E-state index contributed by atoms with van der Waals surface area (Å²) in [6.07, 6.45) is 4.74. The molecule has 0 aliphatic carbocycles. The molecule has 80 valence electrons. The van der Waals surface area contributed by atoms with Crippen LogP contribution in [0.15, 0.2) is 52.8 Å². The van der Waals surface area contributed by atoms with Gasteiger partial charge in [-0.3, -0.25) is 0 Å². The third-order valence-electron chi connectivity index (χ3n) is 1.88. The highest BCUT2D eigenvalue weighted by molar-refractivity contribution is 7.99. The lowest BCUT2D eigenvalue weighted by Crippen LogP contribution is -1.97. The first-order valence-electron chi connectivity index (χ1n) is 4.52. The van der Waals surface area contributed by atoms with Gasteiger partial charge in [0.1, 0.15) is 6.33 Å². The van der Waals surface area contributed by atoms with Crippen molar-refractivity contribution in [2.75, 3.05) is 0 Å². The van der Waals surface area contributed by atoms with Crippen molar-refractivity contribution in [2.45, 2.75) is 9.79 Å². The molecule has 0 spiro atoms. The van der Waals surface area contributed by atoms with Gasteiger partial charge in [0.05, 0.1) is 5.56 Å². The molecule has 16 heavy (non-hydrogen) atoms. The van der Waals surface area contributed by atoms with Crippen LogP contribution in [0.25, 0.3) is 0 Å². The molecule has 0 saturated carbocycles. The van der Waals surface area contributed by atoms with Crippen LogP contribution in [-0.2, 0) is 0 Å². The van der Waals surface area contributed by atoms with E-state index in [0.29, 0.717) is 4.90 Å². The van der Waals surface area contributed by atoms with E-state index in [1.807, 2.05) is 0 Å². The zero-order valence-electron chi connectivity index (χ0n) is 8.20. The first kappa shape index (κ1) is 10.6. The van der Waals surface area contributed by atoms with E-state index in [9.17, 15) is 4.79 Å². The molecule has 1 heterocycles. The monoisotopic (exact) mass is 232 g/mol. The highest BCUT2D eigenvalue weighted by Gasteiger charge is 2.09. The molecular weight excluding hydrogens is 224 g/mol. The van der Waals surface area contributed by atoms with E-state index in [4.69, 9.17) is 5.11 Å². The van der Waals surface area contributed by atoms with Gasteiger partial charge in [0.25, 0.3) is 0 Å². The van der Waals surface area contributed by atoms with Crippen molar-refractivity contribution in [1.82, 2.24) is 9.97 Å². The fraction of sp³-hybridized carbons (Fsp3) is 0. The molecule has 0 aliphatic rings. The van der Waals surface area contributed by atoms with Crippen LogP contribution >= 0.6 is 11.8 Å². The van der Waals surface area contributed by atoms with E-state index >= 15 is 0 Å². The summed E-state index contributed by atoms with van der Waals surface area (Å²) in [5.74, 6) is -0.931. The maximum absolute atomic E-state index is 11.0. The molecule has 1 aromatic heterocycles. The number of aromatic carboxylic acids is 1. The van der Waals surface area contributed by atoms with Crippen LogP contribution in [-0.4, -0.2) is 21.0 Å². The average Bonchev–Trinajstić information content (AvgIpc) is 2.31. The van der Waals surface area contributed by atoms with Gasteiger partial charge in [-0.05, 0) is 12.1 Å². The van der Waals surface area contributed by atoms with E-state index in [0.717, 1.165) is 4.90 Å². The maximum Gasteiger partial charge on any atom is 0.336 e. The minimum atomic E-state index is -0.931. The Hall–Kier alpha value is -1.88. The van der Waals surface area contributed by atoms with Crippen LogP contribution in [0.4, 0.5) is 0 Å². The number of carboxylic acid groups (broad SMARTS) is 1. The van der Waals surface area contributed by atoms with E-state index in [1.165, 1.54) is 18.1 Å². The number of rotatable bonds is 3. The zero-order valence-corrected chi connectivity index (χ0v) is 9.02. The SMILES string of the molecule is O=C(O)c1ccccc1Sc1cncnc1. The molecule has 0 aliphatic heterocycles. The van der Waals surface area contributed by atoms with Crippen molar-refractivity contribution in [3.63, 3.8) is 0 Å². The lowest BCUT2D eigenvalue weighted by atomic mass is 10.2. The Kier molecular flexibility index (Phi) is 3.16. The van der Waals surface area contributed by atoms with Crippen molar-refractivity contribution in [3.05, 3.63) is 48.5 Å². The highest BCUT2D eigenvalue weighted by Crippen LogP contribution is 2.29. The van der Waals surface area contributed by atoms with Crippen LogP contribution < -0.4 is 0 Å². The zero-order chi connectivity index (χ0) is 11.4. The summed E-state index contributed by atoms with van der Waals surface area (Å²) in [6.45, 7) is 0. The van der Waals surface area contributed by atoms with Crippen molar-refractivity contribution >= 4 is 17.7 Å². The van der Waals surface area contributed by atoms with Crippen LogP contribution in [0.3, 0.4) is 0 Å². The van der Waals surface area contributed by atoms with Crippen molar-refractivity contribution in [2.24, 2.45) is 0 Å².